The first kappa shape index (κ1) is 13.9. The van der Waals surface area contributed by atoms with E-state index in [1.165, 1.54) is 0 Å². The largest absolute Gasteiger partial charge is 0.380 e. The second-order valence-corrected chi connectivity index (χ2v) is 6.08. The van der Waals surface area contributed by atoms with Gasteiger partial charge < -0.3 is 10.1 Å². The Bertz CT molecular complexity index is 214. The zero-order chi connectivity index (χ0) is 12.2. The van der Waals surface area contributed by atoms with Gasteiger partial charge in [0.15, 0.2) is 0 Å². The van der Waals surface area contributed by atoms with Crippen LogP contribution >= 0.6 is 0 Å². The van der Waals surface area contributed by atoms with E-state index in [1.54, 1.807) is 0 Å². The van der Waals surface area contributed by atoms with E-state index in [0.717, 1.165) is 39.3 Å². The summed E-state index contributed by atoms with van der Waals surface area (Å²) in [7, 11) is 0. The summed E-state index contributed by atoms with van der Waals surface area (Å²) in [6, 6.07) is 0. The third-order valence-electron chi connectivity index (χ3n) is 3.30. The van der Waals surface area contributed by atoms with Crippen LogP contribution in [-0.2, 0) is 4.74 Å². The molecule has 0 bridgehead atoms. The van der Waals surface area contributed by atoms with E-state index in [0.29, 0.717) is 0 Å². The highest BCUT2D eigenvalue weighted by Crippen LogP contribution is 2.22. The molecule has 0 radical (unpaired) electrons. The molecular weight excluding hydrogens is 200 g/mol. The maximum atomic E-state index is 5.58. The van der Waals surface area contributed by atoms with Gasteiger partial charge in [-0.3, -0.25) is 4.90 Å². The Balaban J connectivity index is 2.41. The Morgan fingerprint density at radius 3 is 2.50 bits per heavy atom. The minimum absolute atomic E-state index is 0.222. The first-order valence-electron chi connectivity index (χ1n) is 6.45. The van der Waals surface area contributed by atoms with Gasteiger partial charge in [-0.1, -0.05) is 6.92 Å². The number of hydrogen-bond acceptors (Lipinski definition) is 3. The van der Waals surface area contributed by atoms with Crippen molar-refractivity contribution >= 4 is 0 Å². The predicted octanol–water partition coefficient (Wildman–Crippen LogP) is 1.88. The number of nitrogens with zero attached hydrogens (tertiary/aromatic N) is 1. The van der Waals surface area contributed by atoms with Crippen LogP contribution in [0.25, 0.3) is 0 Å². The Morgan fingerprint density at radius 1 is 1.19 bits per heavy atom. The first-order valence-corrected chi connectivity index (χ1v) is 6.45. The van der Waals surface area contributed by atoms with Gasteiger partial charge in [-0.05, 0) is 34.1 Å². The molecule has 0 saturated carbocycles. The Hall–Kier alpha value is -0.120. The van der Waals surface area contributed by atoms with Crippen LogP contribution in [0.1, 0.15) is 41.0 Å². The number of hydrogen-bond donors (Lipinski definition) is 1. The first-order chi connectivity index (χ1) is 7.37. The van der Waals surface area contributed by atoms with Gasteiger partial charge in [-0.25, -0.2) is 0 Å². The fourth-order valence-electron chi connectivity index (χ4n) is 2.12. The Morgan fingerprint density at radius 2 is 1.88 bits per heavy atom. The lowest BCUT2D eigenvalue weighted by Crippen LogP contribution is -2.66. The molecular formula is C13H28N2O. The van der Waals surface area contributed by atoms with Gasteiger partial charge in [0.2, 0.25) is 0 Å². The lowest BCUT2D eigenvalue weighted by molar-refractivity contribution is 0.0110. The number of ether oxygens (including phenoxy) is 1. The van der Waals surface area contributed by atoms with Crippen molar-refractivity contribution in [3.63, 3.8) is 0 Å². The highest BCUT2D eigenvalue weighted by atomic mass is 16.5. The molecule has 0 aromatic heterocycles. The second-order valence-electron chi connectivity index (χ2n) is 6.08. The van der Waals surface area contributed by atoms with Crippen LogP contribution in [0.15, 0.2) is 0 Å². The van der Waals surface area contributed by atoms with Crippen molar-refractivity contribution in [2.45, 2.75) is 52.1 Å². The molecule has 0 aliphatic carbocycles. The lowest BCUT2D eigenvalue weighted by Gasteiger charge is -2.49. The minimum atomic E-state index is 0.222. The molecule has 16 heavy (non-hydrogen) atoms. The topological polar surface area (TPSA) is 24.5 Å². The summed E-state index contributed by atoms with van der Waals surface area (Å²) in [5, 5.41) is 3.60. The molecule has 0 atom stereocenters. The molecule has 1 N–H and O–H groups in total. The average Bonchev–Trinajstić information content (AvgIpc) is 2.18. The van der Waals surface area contributed by atoms with E-state index >= 15 is 0 Å². The monoisotopic (exact) mass is 228 g/mol. The maximum Gasteiger partial charge on any atom is 0.0593 e. The molecule has 1 aliphatic rings. The van der Waals surface area contributed by atoms with Gasteiger partial charge in [0.25, 0.3) is 0 Å². The van der Waals surface area contributed by atoms with Crippen molar-refractivity contribution in [2.75, 3.05) is 32.8 Å². The SMILES string of the molecule is CCCOCCN1CC(C)(C)NCC1(C)C. The van der Waals surface area contributed by atoms with Crippen LogP contribution in [0.5, 0.6) is 0 Å². The molecule has 0 amide bonds. The third kappa shape index (κ3) is 4.04. The van der Waals surface area contributed by atoms with Crippen molar-refractivity contribution in [1.29, 1.82) is 0 Å². The molecule has 0 spiro atoms. The summed E-state index contributed by atoms with van der Waals surface area (Å²) in [6.45, 7) is 16.2. The summed E-state index contributed by atoms with van der Waals surface area (Å²) in [5.74, 6) is 0. The van der Waals surface area contributed by atoms with Crippen molar-refractivity contribution < 1.29 is 4.74 Å². The van der Waals surface area contributed by atoms with Gasteiger partial charge in [0, 0.05) is 37.3 Å². The zero-order valence-corrected chi connectivity index (χ0v) is 11.6. The van der Waals surface area contributed by atoms with Crippen molar-refractivity contribution in [1.82, 2.24) is 10.2 Å². The second kappa shape index (κ2) is 5.48. The highest BCUT2D eigenvalue weighted by Gasteiger charge is 2.36. The van der Waals surface area contributed by atoms with Crippen molar-refractivity contribution in [3.8, 4) is 0 Å². The van der Waals surface area contributed by atoms with Crippen LogP contribution in [0.2, 0.25) is 0 Å². The Kier molecular flexibility index (Phi) is 4.77. The lowest BCUT2D eigenvalue weighted by atomic mass is 9.91. The average molecular weight is 228 g/mol. The molecule has 1 aliphatic heterocycles. The van der Waals surface area contributed by atoms with Gasteiger partial charge in [-0.2, -0.15) is 0 Å². The molecule has 3 heteroatoms. The molecule has 1 fully saturated rings. The van der Waals surface area contributed by atoms with Gasteiger partial charge >= 0.3 is 0 Å². The van der Waals surface area contributed by atoms with E-state index in [9.17, 15) is 0 Å². The standard InChI is InChI=1S/C13H28N2O/c1-6-8-16-9-7-15-11-12(2,3)14-10-13(15,4)5/h14H,6-11H2,1-5H3. The molecule has 3 nitrogen and oxygen atoms in total. The van der Waals surface area contributed by atoms with Gasteiger partial charge in [0.05, 0.1) is 6.61 Å². The fourth-order valence-corrected chi connectivity index (χ4v) is 2.12. The van der Waals surface area contributed by atoms with E-state index in [2.05, 4.69) is 44.8 Å². The summed E-state index contributed by atoms with van der Waals surface area (Å²) in [4.78, 5) is 2.54. The van der Waals surface area contributed by atoms with Crippen LogP contribution < -0.4 is 5.32 Å². The summed E-state index contributed by atoms with van der Waals surface area (Å²) < 4.78 is 5.58. The molecule has 0 aromatic rings. The molecule has 0 aromatic carbocycles. The fraction of sp³-hybridized carbons (Fsp3) is 1.00. The van der Waals surface area contributed by atoms with E-state index < -0.39 is 0 Å². The van der Waals surface area contributed by atoms with E-state index in [-0.39, 0.29) is 11.1 Å². The van der Waals surface area contributed by atoms with Crippen LogP contribution in [0.3, 0.4) is 0 Å². The quantitative estimate of drug-likeness (QED) is 0.727. The van der Waals surface area contributed by atoms with Crippen molar-refractivity contribution in [2.24, 2.45) is 0 Å². The number of nitrogens with one attached hydrogen (secondary N) is 1. The zero-order valence-electron chi connectivity index (χ0n) is 11.6. The van der Waals surface area contributed by atoms with Gasteiger partial charge in [0.1, 0.15) is 0 Å². The molecule has 0 unspecified atom stereocenters. The number of rotatable bonds is 5. The summed E-state index contributed by atoms with van der Waals surface area (Å²) >= 11 is 0. The van der Waals surface area contributed by atoms with Crippen LogP contribution in [-0.4, -0.2) is 48.8 Å². The molecule has 1 rings (SSSR count). The van der Waals surface area contributed by atoms with E-state index in [4.69, 9.17) is 4.74 Å². The number of piperazine rings is 1. The summed E-state index contributed by atoms with van der Waals surface area (Å²) in [6.07, 6.45) is 1.11. The van der Waals surface area contributed by atoms with E-state index in [1.807, 2.05) is 0 Å². The predicted molar refractivity (Wildman–Crippen MR) is 68.8 cm³/mol. The highest BCUT2D eigenvalue weighted by molar-refractivity contribution is 4.97. The smallest absolute Gasteiger partial charge is 0.0593 e. The minimum Gasteiger partial charge on any atom is -0.380 e. The van der Waals surface area contributed by atoms with Gasteiger partial charge in [-0.15, -0.1) is 0 Å². The Labute approximate surface area is 101 Å². The van der Waals surface area contributed by atoms with Crippen LogP contribution in [0, 0.1) is 0 Å². The maximum absolute atomic E-state index is 5.58. The molecule has 1 saturated heterocycles. The van der Waals surface area contributed by atoms with Crippen molar-refractivity contribution in [3.05, 3.63) is 0 Å². The van der Waals surface area contributed by atoms with Crippen LogP contribution in [0.4, 0.5) is 0 Å². The summed E-state index contributed by atoms with van der Waals surface area (Å²) in [5.41, 5.74) is 0.464. The normalized spacial score (nSPS) is 24.6. The molecule has 96 valence electrons. The third-order valence-corrected chi connectivity index (χ3v) is 3.30. The molecule has 1 heterocycles.